The molecular weight excluding hydrogens is 240 g/mol. The first-order valence-electron chi connectivity index (χ1n) is 5.90. The molecule has 2 aromatic heterocycles. The maximum atomic E-state index is 5.73. The molecule has 0 amide bonds. The van der Waals surface area contributed by atoms with Gasteiger partial charge in [-0.1, -0.05) is 6.07 Å². The van der Waals surface area contributed by atoms with Crippen LogP contribution in [0.1, 0.15) is 11.3 Å². The van der Waals surface area contributed by atoms with Gasteiger partial charge in [0.1, 0.15) is 0 Å². The fraction of sp³-hybridized carbons (Fsp3) is 0.154. The average Bonchev–Trinajstić information content (AvgIpc) is 2.90. The van der Waals surface area contributed by atoms with Crippen LogP contribution in [-0.2, 0) is 7.05 Å². The van der Waals surface area contributed by atoms with E-state index in [0.717, 1.165) is 22.3 Å². The van der Waals surface area contributed by atoms with Crippen LogP contribution in [0.15, 0.2) is 35.8 Å². The lowest BCUT2D eigenvalue weighted by Crippen LogP contribution is -1.97. The number of fused-ring (bicyclic) bond motifs is 1. The lowest BCUT2D eigenvalue weighted by atomic mass is 10.2. The lowest BCUT2D eigenvalue weighted by molar-refractivity contribution is 0.897. The summed E-state index contributed by atoms with van der Waals surface area (Å²) in [4.78, 5) is 8.37. The number of rotatable bonds is 2. The van der Waals surface area contributed by atoms with Crippen molar-refractivity contribution in [3.8, 4) is 0 Å². The summed E-state index contributed by atoms with van der Waals surface area (Å²) in [6.07, 6.45) is 5.33. The van der Waals surface area contributed by atoms with Gasteiger partial charge in [-0.05, 0) is 24.6 Å². The fourth-order valence-corrected chi connectivity index (χ4v) is 1.95. The first-order chi connectivity index (χ1) is 9.13. The molecule has 0 aliphatic rings. The van der Waals surface area contributed by atoms with E-state index in [0.29, 0.717) is 5.95 Å². The van der Waals surface area contributed by atoms with Crippen molar-refractivity contribution in [1.82, 2.24) is 19.2 Å². The van der Waals surface area contributed by atoms with Crippen LogP contribution >= 0.6 is 0 Å². The maximum Gasteiger partial charge on any atom is 0.221 e. The van der Waals surface area contributed by atoms with E-state index in [1.807, 2.05) is 36.7 Å². The van der Waals surface area contributed by atoms with Crippen molar-refractivity contribution in [3.05, 3.63) is 42.0 Å². The molecule has 0 radical (unpaired) electrons. The van der Waals surface area contributed by atoms with Gasteiger partial charge in [0.05, 0.1) is 35.5 Å². The average molecular weight is 254 g/mol. The van der Waals surface area contributed by atoms with Gasteiger partial charge in [0, 0.05) is 7.05 Å². The number of hydrogen-bond acceptors (Lipinski definition) is 4. The standard InChI is InChI=1S/C13H14N6/c1-9-7-19(13(14)17-9)16-6-10-3-4-11-12(5-10)18(2)8-15-11/h3-8H,1-2H3,(H2,14,17). The Hall–Kier alpha value is -2.63. The Kier molecular flexibility index (Phi) is 2.56. The molecule has 2 heterocycles. The number of imidazole rings is 2. The monoisotopic (exact) mass is 254 g/mol. The van der Waals surface area contributed by atoms with Crippen LogP contribution < -0.4 is 5.73 Å². The van der Waals surface area contributed by atoms with E-state index in [2.05, 4.69) is 15.1 Å². The quantitative estimate of drug-likeness (QED) is 0.705. The van der Waals surface area contributed by atoms with Gasteiger partial charge >= 0.3 is 0 Å². The zero-order valence-electron chi connectivity index (χ0n) is 10.8. The van der Waals surface area contributed by atoms with Crippen molar-refractivity contribution in [1.29, 1.82) is 0 Å². The van der Waals surface area contributed by atoms with Gasteiger partial charge in [-0.3, -0.25) is 0 Å². The van der Waals surface area contributed by atoms with Crippen molar-refractivity contribution in [2.45, 2.75) is 6.92 Å². The molecule has 0 aliphatic carbocycles. The number of aromatic nitrogens is 4. The van der Waals surface area contributed by atoms with E-state index in [4.69, 9.17) is 5.73 Å². The molecule has 96 valence electrons. The maximum absolute atomic E-state index is 5.73. The van der Waals surface area contributed by atoms with Crippen LogP contribution in [0.25, 0.3) is 11.0 Å². The van der Waals surface area contributed by atoms with Gasteiger partial charge in [0.15, 0.2) is 0 Å². The second-order valence-electron chi connectivity index (χ2n) is 4.43. The Labute approximate surface area is 110 Å². The van der Waals surface area contributed by atoms with E-state index in [-0.39, 0.29) is 0 Å². The molecule has 6 nitrogen and oxygen atoms in total. The predicted octanol–water partition coefficient (Wildman–Crippen LogP) is 1.54. The summed E-state index contributed by atoms with van der Waals surface area (Å²) in [6, 6.07) is 5.98. The molecule has 3 aromatic rings. The van der Waals surface area contributed by atoms with E-state index in [9.17, 15) is 0 Å². The van der Waals surface area contributed by atoms with E-state index in [1.54, 1.807) is 23.4 Å². The highest BCUT2D eigenvalue weighted by atomic mass is 15.4. The first-order valence-corrected chi connectivity index (χ1v) is 5.90. The minimum absolute atomic E-state index is 0.385. The Morgan fingerprint density at radius 2 is 2.21 bits per heavy atom. The molecule has 6 heteroatoms. The van der Waals surface area contributed by atoms with E-state index >= 15 is 0 Å². The second kappa shape index (κ2) is 4.24. The molecule has 0 fully saturated rings. The zero-order valence-corrected chi connectivity index (χ0v) is 10.8. The van der Waals surface area contributed by atoms with Crippen molar-refractivity contribution < 1.29 is 0 Å². The van der Waals surface area contributed by atoms with Crippen molar-refractivity contribution >= 4 is 23.2 Å². The van der Waals surface area contributed by atoms with Crippen LogP contribution in [0, 0.1) is 6.92 Å². The predicted molar refractivity (Wildman–Crippen MR) is 75.1 cm³/mol. The molecule has 0 spiro atoms. The normalized spacial score (nSPS) is 11.7. The topological polar surface area (TPSA) is 74.0 Å². The van der Waals surface area contributed by atoms with Gasteiger partial charge in [-0.15, -0.1) is 0 Å². The fourth-order valence-electron chi connectivity index (χ4n) is 1.95. The third-order valence-electron chi connectivity index (χ3n) is 2.92. The summed E-state index contributed by atoms with van der Waals surface area (Å²) in [5, 5.41) is 4.29. The van der Waals surface area contributed by atoms with Gasteiger partial charge in [0.2, 0.25) is 5.95 Å². The van der Waals surface area contributed by atoms with Gasteiger partial charge in [-0.25, -0.2) is 14.6 Å². The number of nitrogens with zero attached hydrogens (tertiary/aromatic N) is 5. The number of benzene rings is 1. The Balaban J connectivity index is 1.96. The van der Waals surface area contributed by atoms with Gasteiger partial charge in [0.25, 0.3) is 0 Å². The summed E-state index contributed by atoms with van der Waals surface area (Å²) < 4.78 is 3.53. The summed E-state index contributed by atoms with van der Waals surface area (Å²) in [7, 11) is 1.97. The number of nitrogens with two attached hydrogens (primary N) is 1. The highest BCUT2D eigenvalue weighted by molar-refractivity contribution is 5.87. The molecule has 0 aliphatic heterocycles. The number of aryl methyl sites for hydroxylation is 2. The molecule has 0 atom stereocenters. The SMILES string of the molecule is Cc1cn(N=Cc2ccc3ncn(C)c3c2)c(N)n1. The highest BCUT2D eigenvalue weighted by Crippen LogP contribution is 2.13. The molecule has 19 heavy (non-hydrogen) atoms. The third-order valence-corrected chi connectivity index (χ3v) is 2.92. The van der Waals surface area contributed by atoms with Crippen LogP contribution in [0.3, 0.4) is 0 Å². The van der Waals surface area contributed by atoms with Crippen LogP contribution in [-0.4, -0.2) is 25.4 Å². The van der Waals surface area contributed by atoms with Crippen molar-refractivity contribution in [2.24, 2.45) is 12.1 Å². The largest absolute Gasteiger partial charge is 0.368 e. The minimum atomic E-state index is 0.385. The minimum Gasteiger partial charge on any atom is -0.368 e. The zero-order chi connectivity index (χ0) is 13.4. The molecule has 3 rings (SSSR count). The van der Waals surface area contributed by atoms with E-state index in [1.165, 1.54) is 0 Å². The van der Waals surface area contributed by atoms with Gasteiger partial charge < -0.3 is 10.3 Å². The molecule has 0 bridgehead atoms. The number of anilines is 1. The number of nitrogen functional groups attached to an aromatic ring is 1. The highest BCUT2D eigenvalue weighted by Gasteiger charge is 2.01. The summed E-state index contributed by atoms with van der Waals surface area (Å²) >= 11 is 0. The van der Waals surface area contributed by atoms with Crippen LogP contribution in [0.4, 0.5) is 5.95 Å². The number of hydrogen-bond donors (Lipinski definition) is 1. The second-order valence-corrected chi connectivity index (χ2v) is 4.43. The molecular formula is C13H14N6. The first kappa shape index (κ1) is 11.5. The Morgan fingerprint density at radius 1 is 1.37 bits per heavy atom. The van der Waals surface area contributed by atoms with Crippen molar-refractivity contribution in [2.75, 3.05) is 5.73 Å². The van der Waals surface area contributed by atoms with E-state index < -0.39 is 0 Å². The van der Waals surface area contributed by atoms with Crippen LogP contribution in [0.2, 0.25) is 0 Å². The van der Waals surface area contributed by atoms with Gasteiger partial charge in [-0.2, -0.15) is 5.10 Å². The molecule has 2 N–H and O–H groups in total. The Bertz CT molecular complexity index is 765. The Morgan fingerprint density at radius 3 is 2.95 bits per heavy atom. The smallest absolute Gasteiger partial charge is 0.221 e. The summed E-state index contributed by atoms with van der Waals surface area (Å²) in [5.74, 6) is 0.385. The molecule has 0 saturated carbocycles. The molecule has 1 aromatic carbocycles. The molecule has 0 saturated heterocycles. The van der Waals surface area contributed by atoms with Crippen molar-refractivity contribution in [3.63, 3.8) is 0 Å². The summed E-state index contributed by atoms with van der Waals surface area (Å²) in [6.45, 7) is 1.88. The molecule has 0 unspecified atom stereocenters. The summed E-state index contributed by atoms with van der Waals surface area (Å²) in [5.41, 5.74) is 9.60. The lowest BCUT2D eigenvalue weighted by Gasteiger charge is -1.98. The third kappa shape index (κ3) is 2.08. The van der Waals surface area contributed by atoms with Crippen LogP contribution in [0.5, 0.6) is 0 Å².